The van der Waals surface area contributed by atoms with Crippen molar-refractivity contribution in [1.29, 1.82) is 10.5 Å². The molecule has 0 aliphatic carbocycles. The quantitative estimate of drug-likeness (QED) is 0.450. The summed E-state index contributed by atoms with van der Waals surface area (Å²) in [6.07, 6.45) is 0. The van der Waals surface area contributed by atoms with Gasteiger partial charge in [-0.05, 0) is 34.7 Å². The number of para-hydroxylation sites is 1. The van der Waals surface area contributed by atoms with E-state index < -0.39 is 0 Å². The van der Waals surface area contributed by atoms with Crippen LogP contribution in [-0.4, -0.2) is 0 Å². The molecule has 0 saturated heterocycles. The highest BCUT2D eigenvalue weighted by Crippen LogP contribution is 2.51. The predicted octanol–water partition coefficient (Wildman–Crippen LogP) is 4.32. The molecule has 0 atom stereocenters. The van der Waals surface area contributed by atoms with Crippen LogP contribution >= 0.6 is 0 Å². The summed E-state index contributed by atoms with van der Waals surface area (Å²) in [6.45, 7) is 0.483. The zero-order valence-corrected chi connectivity index (χ0v) is 13.0. The Balaban J connectivity index is 2.06. The van der Waals surface area contributed by atoms with E-state index in [1.54, 1.807) is 6.07 Å². The molecule has 2 aliphatic rings. The Hall–Kier alpha value is -3.38. The Bertz CT molecular complexity index is 1140. The Morgan fingerprint density at radius 1 is 0.840 bits per heavy atom. The maximum Gasteiger partial charge on any atom is 0.153 e. The number of hydrogen-bond donors (Lipinski definition) is 0. The van der Waals surface area contributed by atoms with E-state index in [1.165, 1.54) is 0 Å². The van der Waals surface area contributed by atoms with Crippen molar-refractivity contribution in [3.8, 4) is 34.8 Å². The van der Waals surface area contributed by atoms with Crippen LogP contribution in [0, 0.1) is 22.7 Å². The van der Waals surface area contributed by atoms with E-state index in [-0.39, 0.29) is 13.2 Å². The van der Waals surface area contributed by atoms with Gasteiger partial charge in [-0.15, -0.1) is 0 Å². The first-order valence-corrected chi connectivity index (χ1v) is 7.79. The van der Waals surface area contributed by atoms with Gasteiger partial charge in [-0.25, -0.2) is 9.78 Å². The van der Waals surface area contributed by atoms with E-state index in [0.717, 1.165) is 33.0 Å². The molecule has 0 spiro atoms. The van der Waals surface area contributed by atoms with Gasteiger partial charge in [0, 0.05) is 16.5 Å². The molecule has 118 valence electrons. The first-order chi connectivity index (χ1) is 12.3. The van der Waals surface area contributed by atoms with E-state index in [2.05, 4.69) is 12.1 Å². The lowest BCUT2D eigenvalue weighted by Gasteiger charge is -2.24. The molecule has 0 aromatic heterocycles. The number of nitriles is 2. The normalized spacial score (nSPS) is 14.0. The van der Waals surface area contributed by atoms with Crippen LogP contribution in [0.4, 0.5) is 0 Å². The first kappa shape index (κ1) is 14.0. The number of nitrogens with zero attached hydrogens (tertiary/aromatic N) is 2. The van der Waals surface area contributed by atoms with E-state index >= 15 is 0 Å². The lowest BCUT2D eigenvalue weighted by atomic mass is 9.85. The fraction of sp³-hybridized carbons (Fsp3) is 0.100. The molecule has 0 amide bonds. The fourth-order valence-electron chi connectivity index (χ4n) is 3.65. The second kappa shape index (κ2) is 5.06. The molecule has 0 unspecified atom stereocenters. The maximum absolute atomic E-state index is 9.73. The van der Waals surface area contributed by atoms with Gasteiger partial charge in [-0.2, -0.15) is 10.5 Å². The number of rotatable bonds is 0. The van der Waals surface area contributed by atoms with Crippen LogP contribution in [0.3, 0.4) is 0 Å². The Morgan fingerprint density at radius 3 is 2.24 bits per heavy atom. The summed E-state index contributed by atoms with van der Waals surface area (Å²) in [5.74, 6) is 1.14. The largest absolute Gasteiger partial charge is 0.455 e. The lowest BCUT2D eigenvalue weighted by Crippen LogP contribution is -2.04. The van der Waals surface area contributed by atoms with Crippen molar-refractivity contribution in [2.24, 2.45) is 0 Å². The van der Waals surface area contributed by atoms with E-state index in [4.69, 9.17) is 14.5 Å². The van der Waals surface area contributed by atoms with Crippen molar-refractivity contribution in [2.75, 3.05) is 0 Å². The Kier molecular flexibility index (Phi) is 2.83. The van der Waals surface area contributed by atoms with Crippen LogP contribution in [0.15, 0.2) is 36.4 Å². The van der Waals surface area contributed by atoms with Gasteiger partial charge in [0.1, 0.15) is 25.0 Å². The van der Waals surface area contributed by atoms with Gasteiger partial charge in [-0.1, -0.05) is 18.2 Å². The summed E-state index contributed by atoms with van der Waals surface area (Å²) in [4.78, 5) is 10.4. The molecule has 2 heterocycles. The Labute approximate surface area is 143 Å². The zero-order chi connectivity index (χ0) is 17.0. The van der Waals surface area contributed by atoms with Gasteiger partial charge in [0.2, 0.25) is 0 Å². The van der Waals surface area contributed by atoms with Crippen LogP contribution in [-0.2, 0) is 23.0 Å². The van der Waals surface area contributed by atoms with Crippen molar-refractivity contribution in [1.82, 2.24) is 0 Å². The molecule has 5 rings (SSSR count). The van der Waals surface area contributed by atoms with Crippen LogP contribution < -0.4 is 4.74 Å². The molecule has 0 radical (unpaired) electrons. The molecular formula is C20H10N2O3. The fourth-order valence-corrected chi connectivity index (χ4v) is 3.65. The molecule has 0 fully saturated rings. The first-order valence-electron chi connectivity index (χ1n) is 7.79. The second-order valence-corrected chi connectivity index (χ2v) is 5.97. The van der Waals surface area contributed by atoms with Crippen molar-refractivity contribution >= 4 is 10.8 Å². The average molecular weight is 326 g/mol. The third-order valence-corrected chi connectivity index (χ3v) is 4.64. The number of ether oxygens (including phenoxy) is 1. The molecular weight excluding hydrogens is 316 g/mol. The van der Waals surface area contributed by atoms with E-state index in [9.17, 15) is 10.5 Å². The van der Waals surface area contributed by atoms with Gasteiger partial charge in [0.05, 0.1) is 17.2 Å². The summed E-state index contributed by atoms with van der Waals surface area (Å²) < 4.78 is 6.08. The van der Waals surface area contributed by atoms with Crippen molar-refractivity contribution < 1.29 is 14.5 Å². The summed E-state index contributed by atoms with van der Waals surface area (Å²) >= 11 is 0. The lowest BCUT2D eigenvalue weighted by molar-refractivity contribution is -0.311. The number of fused-ring (bicyclic) bond motifs is 2. The van der Waals surface area contributed by atoms with Gasteiger partial charge >= 0.3 is 0 Å². The summed E-state index contributed by atoms with van der Waals surface area (Å²) in [7, 11) is 0. The molecule has 3 aromatic rings. The van der Waals surface area contributed by atoms with Crippen LogP contribution in [0.1, 0.15) is 22.3 Å². The molecule has 5 heteroatoms. The summed E-state index contributed by atoms with van der Waals surface area (Å²) in [6, 6.07) is 15.7. The highest BCUT2D eigenvalue weighted by Gasteiger charge is 2.29. The Morgan fingerprint density at radius 2 is 1.52 bits per heavy atom. The van der Waals surface area contributed by atoms with Crippen LogP contribution in [0.5, 0.6) is 11.5 Å². The van der Waals surface area contributed by atoms with Crippen molar-refractivity contribution in [3.63, 3.8) is 0 Å². The highest BCUT2D eigenvalue weighted by atomic mass is 17.2. The van der Waals surface area contributed by atoms with E-state index in [0.29, 0.717) is 22.6 Å². The van der Waals surface area contributed by atoms with Crippen molar-refractivity contribution in [2.45, 2.75) is 13.2 Å². The minimum absolute atomic E-state index is 0.242. The molecule has 25 heavy (non-hydrogen) atoms. The SMILES string of the molecule is N#Cc1cc2c3c(cc(C#N)c4c3c1Oc1ccccc1-4)COOC2. The summed E-state index contributed by atoms with van der Waals surface area (Å²) in [5, 5.41) is 21.1. The van der Waals surface area contributed by atoms with Crippen molar-refractivity contribution in [3.05, 3.63) is 58.7 Å². The third-order valence-electron chi connectivity index (χ3n) is 4.64. The van der Waals surface area contributed by atoms with Gasteiger partial charge in [0.15, 0.2) is 5.75 Å². The summed E-state index contributed by atoms with van der Waals surface area (Å²) in [5.41, 5.74) is 4.33. The monoisotopic (exact) mass is 326 g/mol. The molecule has 2 aliphatic heterocycles. The molecule has 0 saturated carbocycles. The molecule has 0 bridgehead atoms. The molecule has 0 N–H and O–H groups in total. The maximum atomic E-state index is 9.73. The van der Waals surface area contributed by atoms with Gasteiger partial charge in [-0.3, -0.25) is 0 Å². The molecule has 5 nitrogen and oxygen atoms in total. The smallest absolute Gasteiger partial charge is 0.153 e. The second-order valence-electron chi connectivity index (χ2n) is 5.97. The van der Waals surface area contributed by atoms with Crippen LogP contribution in [0.2, 0.25) is 0 Å². The minimum Gasteiger partial charge on any atom is -0.455 e. The topological polar surface area (TPSA) is 75.3 Å². The van der Waals surface area contributed by atoms with E-state index in [1.807, 2.05) is 30.3 Å². The minimum atomic E-state index is 0.242. The van der Waals surface area contributed by atoms with Crippen LogP contribution in [0.25, 0.3) is 21.9 Å². The standard InChI is InChI=1S/C20H10N2O3/c21-7-11-5-13-9-23-24-10-14-6-12(8-22)20-19(17(13)14)18(11)15-3-1-2-4-16(15)25-20/h1-6H,9-10H2. The number of hydrogen-bond acceptors (Lipinski definition) is 5. The highest BCUT2D eigenvalue weighted by molar-refractivity contribution is 6.09. The third kappa shape index (κ3) is 1.82. The van der Waals surface area contributed by atoms with Gasteiger partial charge < -0.3 is 4.74 Å². The number of benzene rings is 3. The average Bonchev–Trinajstić information content (AvgIpc) is 2.87. The zero-order valence-electron chi connectivity index (χ0n) is 13.0. The van der Waals surface area contributed by atoms with Gasteiger partial charge in [0.25, 0.3) is 0 Å². The molecule has 3 aromatic carbocycles. The predicted molar refractivity (Wildman–Crippen MR) is 88.5 cm³/mol.